The lowest BCUT2D eigenvalue weighted by molar-refractivity contribution is 0.354. The number of benzene rings is 2. The Bertz CT molecular complexity index is 1290. The largest absolute Gasteiger partial charge is 0.505 e. The minimum atomic E-state index is -0.478. The molecule has 0 bridgehead atoms. The SMILES string of the molecule is COc1cc([C@H](Nc2cc(C)ccn2)c2ccc3ccc(C)nc3c2O)cc(Cl)c1OC. The van der Waals surface area contributed by atoms with Crippen molar-refractivity contribution in [2.24, 2.45) is 0 Å². The number of hydrogen-bond acceptors (Lipinski definition) is 6. The molecule has 1 atom stereocenters. The van der Waals surface area contributed by atoms with Gasteiger partial charge in [-0.3, -0.25) is 0 Å². The summed E-state index contributed by atoms with van der Waals surface area (Å²) in [5.74, 6) is 1.71. The Morgan fingerprint density at radius 2 is 1.78 bits per heavy atom. The first kappa shape index (κ1) is 21.7. The van der Waals surface area contributed by atoms with Crippen molar-refractivity contribution in [3.63, 3.8) is 0 Å². The number of phenolic OH excluding ortho intramolecular Hbond substituents is 1. The highest BCUT2D eigenvalue weighted by Gasteiger charge is 2.23. The van der Waals surface area contributed by atoms with Gasteiger partial charge in [-0.1, -0.05) is 29.8 Å². The number of nitrogens with zero attached hydrogens (tertiary/aromatic N) is 2. The maximum absolute atomic E-state index is 11.2. The van der Waals surface area contributed by atoms with Gasteiger partial charge in [0.25, 0.3) is 0 Å². The van der Waals surface area contributed by atoms with Crippen LogP contribution in [0.2, 0.25) is 5.02 Å². The summed E-state index contributed by atoms with van der Waals surface area (Å²) in [5, 5.41) is 15.9. The van der Waals surface area contributed by atoms with E-state index in [-0.39, 0.29) is 5.75 Å². The van der Waals surface area contributed by atoms with Gasteiger partial charge in [-0.15, -0.1) is 0 Å². The van der Waals surface area contributed by atoms with Gasteiger partial charge in [0.2, 0.25) is 0 Å². The van der Waals surface area contributed by atoms with Crippen LogP contribution in [0.15, 0.2) is 54.7 Å². The number of aromatic hydroxyl groups is 1. The zero-order valence-electron chi connectivity index (χ0n) is 18.3. The van der Waals surface area contributed by atoms with E-state index in [1.807, 2.05) is 56.3 Å². The van der Waals surface area contributed by atoms with Gasteiger partial charge in [-0.2, -0.15) is 0 Å². The minimum absolute atomic E-state index is 0.0993. The van der Waals surface area contributed by atoms with Crippen molar-refractivity contribution in [2.45, 2.75) is 19.9 Å². The summed E-state index contributed by atoms with van der Waals surface area (Å²) >= 11 is 6.51. The Balaban J connectivity index is 1.92. The van der Waals surface area contributed by atoms with E-state index in [4.69, 9.17) is 21.1 Å². The summed E-state index contributed by atoms with van der Waals surface area (Å²) in [6, 6.07) is 14.7. The van der Waals surface area contributed by atoms with E-state index in [1.54, 1.807) is 26.5 Å². The van der Waals surface area contributed by atoms with Crippen molar-refractivity contribution in [3.8, 4) is 17.2 Å². The Morgan fingerprint density at radius 3 is 2.50 bits per heavy atom. The van der Waals surface area contributed by atoms with E-state index in [1.165, 1.54) is 0 Å². The van der Waals surface area contributed by atoms with Crippen LogP contribution in [0.5, 0.6) is 17.2 Å². The highest BCUT2D eigenvalue weighted by Crippen LogP contribution is 2.42. The number of pyridine rings is 2. The van der Waals surface area contributed by atoms with Crippen LogP contribution >= 0.6 is 11.6 Å². The number of fused-ring (bicyclic) bond motifs is 1. The average Bonchev–Trinajstić information content (AvgIpc) is 2.78. The van der Waals surface area contributed by atoms with E-state index in [9.17, 15) is 5.11 Å². The first-order valence-electron chi connectivity index (χ1n) is 10.1. The minimum Gasteiger partial charge on any atom is -0.505 e. The average molecular weight is 450 g/mol. The maximum Gasteiger partial charge on any atom is 0.179 e. The predicted molar refractivity (Wildman–Crippen MR) is 127 cm³/mol. The van der Waals surface area contributed by atoms with Gasteiger partial charge in [0.05, 0.1) is 25.3 Å². The quantitative estimate of drug-likeness (QED) is 0.386. The molecule has 0 unspecified atom stereocenters. The van der Waals surface area contributed by atoms with E-state index < -0.39 is 6.04 Å². The van der Waals surface area contributed by atoms with Gasteiger partial charge in [-0.25, -0.2) is 9.97 Å². The number of ether oxygens (including phenoxy) is 2. The molecule has 0 fully saturated rings. The van der Waals surface area contributed by atoms with Crippen LogP contribution in [-0.2, 0) is 0 Å². The number of nitrogens with one attached hydrogen (secondary N) is 1. The van der Waals surface area contributed by atoms with Gasteiger partial charge in [-0.05, 0) is 55.3 Å². The molecule has 4 rings (SSSR count). The number of hydrogen-bond donors (Lipinski definition) is 2. The summed E-state index contributed by atoms with van der Waals surface area (Å²) < 4.78 is 10.9. The van der Waals surface area contributed by atoms with E-state index in [0.29, 0.717) is 33.4 Å². The number of methoxy groups -OCH3 is 2. The van der Waals surface area contributed by atoms with Crippen LogP contribution in [0.1, 0.15) is 28.4 Å². The first-order valence-corrected chi connectivity index (χ1v) is 10.5. The fourth-order valence-electron chi connectivity index (χ4n) is 3.73. The molecule has 0 spiro atoms. The number of aromatic nitrogens is 2. The Morgan fingerprint density at radius 1 is 1.00 bits per heavy atom. The molecule has 0 saturated carbocycles. The van der Waals surface area contributed by atoms with Crippen LogP contribution < -0.4 is 14.8 Å². The molecule has 32 heavy (non-hydrogen) atoms. The van der Waals surface area contributed by atoms with Crippen molar-refractivity contribution in [2.75, 3.05) is 19.5 Å². The lowest BCUT2D eigenvalue weighted by Gasteiger charge is -2.23. The molecular formula is C25H24ClN3O3. The lowest BCUT2D eigenvalue weighted by atomic mass is 9.95. The standard InChI is InChI=1S/C25H24ClN3O3/c1-14-9-10-27-21(11-14)29-22(17-12-19(26)25(32-4)20(13-17)31-3)18-8-7-16-6-5-15(2)28-23(16)24(18)30/h5-13,22,30H,1-4H3,(H,27,29)/t22-/m0/s1. The number of halogens is 1. The summed E-state index contributed by atoms with van der Waals surface area (Å²) in [6.07, 6.45) is 1.74. The molecule has 2 aromatic carbocycles. The zero-order valence-corrected chi connectivity index (χ0v) is 19.1. The Kier molecular flexibility index (Phi) is 6.06. The second-order valence-electron chi connectivity index (χ2n) is 7.56. The molecule has 2 aromatic heterocycles. The topological polar surface area (TPSA) is 76.5 Å². The third kappa shape index (κ3) is 4.14. The highest BCUT2D eigenvalue weighted by atomic mass is 35.5. The fourth-order valence-corrected chi connectivity index (χ4v) is 4.02. The van der Waals surface area contributed by atoms with Gasteiger partial charge >= 0.3 is 0 Å². The molecule has 0 aliphatic carbocycles. The molecule has 2 N–H and O–H groups in total. The van der Waals surface area contributed by atoms with Crippen molar-refractivity contribution >= 4 is 28.3 Å². The summed E-state index contributed by atoms with van der Waals surface area (Å²) in [6.45, 7) is 3.89. The van der Waals surface area contributed by atoms with E-state index >= 15 is 0 Å². The van der Waals surface area contributed by atoms with Gasteiger partial charge in [0, 0.05) is 22.8 Å². The number of anilines is 1. The molecular weight excluding hydrogens is 426 g/mol. The number of aryl methyl sites for hydroxylation is 2. The summed E-state index contributed by atoms with van der Waals surface area (Å²) in [4.78, 5) is 8.99. The van der Waals surface area contributed by atoms with Gasteiger partial charge in [0.1, 0.15) is 17.1 Å². The maximum atomic E-state index is 11.2. The van der Waals surface area contributed by atoms with E-state index in [0.717, 1.165) is 22.2 Å². The molecule has 4 aromatic rings. The molecule has 0 amide bonds. The van der Waals surface area contributed by atoms with E-state index in [2.05, 4.69) is 15.3 Å². The monoisotopic (exact) mass is 449 g/mol. The zero-order chi connectivity index (χ0) is 22.8. The van der Waals surface area contributed by atoms with Crippen LogP contribution in [0, 0.1) is 13.8 Å². The molecule has 164 valence electrons. The second-order valence-corrected chi connectivity index (χ2v) is 7.97. The van der Waals surface area contributed by atoms with Crippen molar-refractivity contribution in [1.29, 1.82) is 0 Å². The number of rotatable bonds is 6. The fraction of sp³-hybridized carbons (Fsp3) is 0.200. The Labute approximate surface area is 191 Å². The van der Waals surface area contributed by atoms with Gasteiger partial charge in [0.15, 0.2) is 11.5 Å². The second kappa shape index (κ2) is 8.93. The first-order chi connectivity index (χ1) is 15.4. The molecule has 2 heterocycles. The summed E-state index contributed by atoms with van der Waals surface area (Å²) in [5.41, 5.74) is 3.84. The third-order valence-corrected chi connectivity index (χ3v) is 5.59. The third-order valence-electron chi connectivity index (χ3n) is 5.31. The summed E-state index contributed by atoms with van der Waals surface area (Å²) in [7, 11) is 3.10. The van der Waals surface area contributed by atoms with Crippen molar-refractivity contribution in [3.05, 3.63) is 82.1 Å². The number of phenols is 1. The predicted octanol–water partition coefficient (Wildman–Crippen LogP) is 5.82. The smallest absolute Gasteiger partial charge is 0.179 e. The van der Waals surface area contributed by atoms with Crippen molar-refractivity contribution in [1.82, 2.24) is 9.97 Å². The molecule has 0 aliphatic rings. The molecule has 6 nitrogen and oxygen atoms in total. The molecule has 7 heteroatoms. The van der Waals surface area contributed by atoms with Crippen molar-refractivity contribution < 1.29 is 14.6 Å². The van der Waals surface area contributed by atoms with Crippen LogP contribution in [0.4, 0.5) is 5.82 Å². The van der Waals surface area contributed by atoms with Gasteiger partial charge < -0.3 is 19.9 Å². The molecule has 0 saturated heterocycles. The van der Waals surface area contributed by atoms with Crippen LogP contribution in [-0.4, -0.2) is 29.3 Å². The normalized spacial score (nSPS) is 11.9. The lowest BCUT2D eigenvalue weighted by Crippen LogP contribution is -2.14. The molecule has 0 radical (unpaired) electrons. The highest BCUT2D eigenvalue weighted by molar-refractivity contribution is 6.32. The Hall–Kier alpha value is -3.51. The van der Waals surface area contributed by atoms with Crippen LogP contribution in [0.25, 0.3) is 10.9 Å². The molecule has 0 aliphatic heterocycles. The van der Waals surface area contributed by atoms with Crippen LogP contribution in [0.3, 0.4) is 0 Å².